The lowest BCUT2D eigenvalue weighted by Gasteiger charge is -2.31. The molecule has 0 bridgehead atoms. The molecule has 4 nitrogen and oxygen atoms in total. The van der Waals surface area contributed by atoms with Crippen molar-refractivity contribution in [3.05, 3.63) is 42.1 Å². The largest absolute Gasteiger partial charge is 0.381 e. The average Bonchev–Trinajstić information content (AvgIpc) is 2.54. The van der Waals surface area contributed by atoms with Crippen molar-refractivity contribution in [3.8, 4) is 0 Å². The highest BCUT2D eigenvalue weighted by molar-refractivity contribution is 6.05. The number of likely N-dealkylation sites (tertiary alicyclic amines) is 1. The third-order valence-corrected chi connectivity index (χ3v) is 3.94. The van der Waals surface area contributed by atoms with E-state index in [-0.39, 0.29) is 12.0 Å². The molecule has 20 heavy (non-hydrogen) atoms. The highest BCUT2D eigenvalue weighted by Gasteiger charge is 2.24. The van der Waals surface area contributed by atoms with E-state index in [9.17, 15) is 4.79 Å². The van der Waals surface area contributed by atoms with Crippen LogP contribution < -0.4 is 0 Å². The van der Waals surface area contributed by atoms with Crippen LogP contribution in [0.4, 0.5) is 0 Å². The smallest absolute Gasteiger partial charge is 0.254 e. The summed E-state index contributed by atoms with van der Waals surface area (Å²) in [5.41, 5.74) is 1.61. The minimum atomic E-state index is 0.0955. The van der Waals surface area contributed by atoms with Gasteiger partial charge in [-0.05, 0) is 25.0 Å². The minimum absolute atomic E-state index is 0.0955. The second kappa shape index (κ2) is 5.59. The maximum atomic E-state index is 12.7. The van der Waals surface area contributed by atoms with Crippen molar-refractivity contribution in [2.24, 2.45) is 0 Å². The molecule has 1 amide bonds. The molecule has 0 radical (unpaired) electrons. The molecule has 0 spiro atoms. The van der Waals surface area contributed by atoms with E-state index < -0.39 is 0 Å². The number of methoxy groups -OCH3 is 1. The number of piperidine rings is 1. The normalized spacial score (nSPS) is 16.6. The van der Waals surface area contributed by atoms with Gasteiger partial charge in [0.1, 0.15) is 0 Å². The summed E-state index contributed by atoms with van der Waals surface area (Å²) in [5.74, 6) is 0.0955. The highest BCUT2D eigenvalue weighted by Crippen LogP contribution is 2.20. The fraction of sp³-hybridized carbons (Fsp3) is 0.375. The van der Waals surface area contributed by atoms with Crippen LogP contribution in [-0.2, 0) is 4.74 Å². The summed E-state index contributed by atoms with van der Waals surface area (Å²) in [6, 6.07) is 9.58. The topological polar surface area (TPSA) is 42.4 Å². The zero-order valence-corrected chi connectivity index (χ0v) is 11.6. The van der Waals surface area contributed by atoms with Gasteiger partial charge in [-0.15, -0.1) is 0 Å². The first kappa shape index (κ1) is 13.1. The van der Waals surface area contributed by atoms with Crippen molar-refractivity contribution in [2.45, 2.75) is 18.9 Å². The van der Waals surface area contributed by atoms with Gasteiger partial charge in [-0.25, -0.2) is 0 Å². The molecule has 2 aromatic rings. The third kappa shape index (κ3) is 2.39. The van der Waals surface area contributed by atoms with E-state index >= 15 is 0 Å². The van der Waals surface area contributed by atoms with Gasteiger partial charge >= 0.3 is 0 Å². The highest BCUT2D eigenvalue weighted by atomic mass is 16.5. The van der Waals surface area contributed by atoms with Gasteiger partial charge in [0.05, 0.1) is 17.2 Å². The summed E-state index contributed by atoms with van der Waals surface area (Å²) in [6.45, 7) is 1.52. The Morgan fingerprint density at radius 3 is 2.75 bits per heavy atom. The molecule has 4 heteroatoms. The molecule has 1 aliphatic heterocycles. The lowest BCUT2D eigenvalue weighted by atomic mass is 10.0. The Bertz CT molecular complexity index is 613. The Labute approximate surface area is 118 Å². The van der Waals surface area contributed by atoms with Gasteiger partial charge in [-0.1, -0.05) is 18.2 Å². The summed E-state index contributed by atoms with van der Waals surface area (Å²) in [6.07, 6.45) is 3.81. The number of carbonyl (C=O) groups excluding carboxylic acids is 1. The number of rotatable bonds is 2. The van der Waals surface area contributed by atoms with Crippen LogP contribution in [0.2, 0.25) is 0 Å². The Balaban J connectivity index is 1.86. The fourth-order valence-corrected chi connectivity index (χ4v) is 2.75. The van der Waals surface area contributed by atoms with E-state index in [4.69, 9.17) is 4.74 Å². The maximum absolute atomic E-state index is 12.7. The fourth-order valence-electron chi connectivity index (χ4n) is 2.75. The summed E-state index contributed by atoms with van der Waals surface area (Å²) in [7, 11) is 1.73. The van der Waals surface area contributed by atoms with Crippen molar-refractivity contribution < 1.29 is 9.53 Å². The number of nitrogens with zero attached hydrogens (tertiary/aromatic N) is 2. The van der Waals surface area contributed by atoms with E-state index in [2.05, 4.69) is 4.98 Å². The minimum Gasteiger partial charge on any atom is -0.381 e. The zero-order valence-electron chi connectivity index (χ0n) is 11.6. The van der Waals surface area contributed by atoms with Crippen molar-refractivity contribution in [3.63, 3.8) is 0 Å². The number of amides is 1. The van der Waals surface area contributed by atoms with Crippen molar-refractivity contribution >= 4 is 16.8 Å². The van der Waals surface area contributed by atoms with Crippen LogP contribution in [-0.4, -0.2) is 42.1 Å². The molecule has 0 atom stereocenters. The molecule has 0 N–H and O–H groups in total. The van der Waals surface area contributed by atoms with Gasteiger partial charge in [-0.2, -0.15) is 0 Å². The second-order valence-electron chi connectivity index (χ2n) is 5.10. The molecule has 3 rings (SSSR count). The Morgan fingerprint density at radius 2 is 2.00 bits per heavy atom. The lowest BCUT2D eigenvalue weighted by Crippen LogP contribution is -2.40. The zero-order chi connectivity index (χ0) is 13.9. The first-order valence-electron chi connectivity index (χ1n) is 6.95. The number of pyridine rings is 1. The van der Waals surface area contributed by atoms with E-state index in [1.807, 2.05) is 35.2 Å². The number of fused-ring (bicyclic) bond motifs is 1. The first-order chi connectivity index (χ1) is 9.79. The molecule has 1 saturated heterocycles. The van der Waals surface area contributed by atoms with Crippen molar-refractivity contribution in [1.82, 2.24) is 9.88 Å². The van der Waals surface area contributed by atoms with Gasteiger partial charge < -0.3 is 9.64 Å². The van der Waals surface area contributed by atoms with Crippen LogP contribution in [0.1, 0.15) is 23.2 Å². The molecule has 1 aliphatic rings. The van der Waals surface area contributed by atoms with Crippen LogP contribution >= 0.6 is 0 Å². The number of carbonyl (C=O) groups is 1. The van der Waals surface area contributed by atoms with E-state index in [1.165, 1.54) is 0 Å². The molecular formula is C16H18N2O2. The Morgan fingerprint density at radius 1 is 1.25 bits per heavy atom. The molecule has 1 fully saturated rings. The van der Waals surface area contributed by atoms with E-state index in [1.54, 1.807) is 13.3 Å². The predicted octanol–water partition coefficient (Wildman–Crippen LogP) is 2.49. The SMILES string of the molecule is COC1CCN(C(=O)c2ccnc3ccccc23)CC1. The van der Waals surface area contributed by atoms with Gasteiger partial charge in [0.2, 0.25) is 0 Å². The number of hydrogen-bond donors (Lipinski definition) is 0. The Kier molecular flexibility index (Phi) is 3.65. The molecular weight excluding hydrogens is 252 g/mol. The number of ether oxygens (including phenoxy) is 1. The average molecular weight is 270 g/mol. The lowest BCUT2D eigenvalue weighted by molar-refractivity contribution is 0.0352. The predicted molar refractivity (Wildman–Crippen MR) is 77.7 cm³/mol. The second-order valence-corrected chi connectivity index (χ2v) is 5.10. The van der Waals surface area contributed by atoms with Gasteiger partial charge in [-0.3, -0.25) is 9.78 Å². The van der Waals surface area contributed by atoms with Gasteiger partial charge in [0, 0.05) is 31.8 Å². The molecule has 0 saturated carbocycles. The maximum Gasteiger partial charge on any atom is 0.254 e. The first-order valence-corrected chi connectivity index (χ1v) is 6.95. The standard InChI is InChI=1S/C16H18N2O2/c1-20-12-7-10-18(11-8-12)16(19)14-6-9-17-15-5-3-2-4-13(14)15/h2-6,9,12H,7-8,10-11H2,1H3. The molecule has 0 unspecified atom stereocenters. The van der Waals surface area contributed by atoms with Crippen molar-refractivity contribution in [1.29, 1.82) is 0 Å². The summed E-state index contributed by atoms with van der Waals surface area (Å²) in [5, 5.41) is 0.925. The van der Waals surface area contributed by atoms with Gasteiger partial charge in [0.25, 0.3) is 5.91 Å². The molecule has 0 aliphatic carbocycles. The van der Waals surface area contributed by atoms with E-state index in [0.29, 0.717) is 0 Å². The van der Waals surface area contributed by atoms with Crippen molar-refractivity contribution in [2.75, 3.05) is 20.2 Å². The Hall–Kier alpha value is -1.94. The van der Waals surface area contributed by atoms with Crippen LogP contribution in [0.15, 0.2) is 36.5 Å². The van der Waals surface area contributed by atoms with Gasteiger partial charge in [0.15, 0.2) is 0 Å². The van der Waals surface area contributed by atoms with Crippen LogP contribution in [0, 0.1) is 0 Å². The quantitative estimate of drug-likeness (QED) is 0.842. The number of para-hydroxylation sites is 1. The number of hydrogen-bond acceptors (Lipinski definition) is 3. The third-order valence-electron chi connectivity index (χ3n) is 3.94. The molecule has 2 heterocycles. The summed E-state index contributed by atoms with van der Waals surface area (Å²) >= 11 is 0. The molecule has 1 aromatic heterocycles. The monoisotopic (exact) mass is 270 g/mol. The van der Waals surface area contributed by atoms with E-state index in [0.717, 1.165) is 42.4 Å². The van der Waals surface area contributed by atoms with Crippen LogP contribution in [0.3, 0.4) is 0 Å². The van der Waals surface area contributed by atoms with Crippen LogP contribution in [0.5, 0.6) is 0 Å². The number of benzene rings is 1. The summed E-state index contributed by atoms with van der Waals surface area (Å²) in [4.78, 5) is 18.9. The molecule has 1 aromatic carbocycles. The molecule has 104 valence electrons. The number of aromatic nitrogens is 1. The summed E-state index contributed by atoms with van der Waals surface area (Å²) < 4.78 is 5.35. The van der Waals surface area contributed by atoms with Crippen LogP contribution in [0.25, 0.3) is 10.9 Å².